The zero-order valence-electron chi connectivity index (χ0n) is 16.2. The lowest BCUT2D eigenvalue weighted by Gasteiger charge is -2.22. The van der Waals surface area contributed by atoms with Gasteiger partial charge in [-0.05, 0) is 55.3 Å². The second-order valence-corrected chi connectivity index (χ2v) is 11.8. The lowest BCUT2D eigenvalue weighted by molar-refractivity contribution is 0.598. The van der Waals surface area contributed by atoms with E-state index in [0.717, 1.165) is 11.1 Å². The summed E-state index contributed by atoms with van der Waals surface area (Å²) < 4.78 is 47.8. The molecule has 9 heteroatoms. The highest BCUT2D eigenvalue weighted by Gasteiger charge is 2.20. The van der Waals surface area contributed by atoms with Gasteiger partial charge in [0.15, 0.2) is 0 Å². The fourth-order valence-corrected chi connectivity index (χ4v) is 7.84. The van der Waals surface area contributed by atoms with E-state index in [1.807, 2.05) is 13.8 Å². The number of benzene rings is 2. The zero-order chi connectivity index (χ0) is 21.1. The van der Waals surface area contributed by atoms with Crippen molar-refractivity contribution in [2.24, 2.45) is 3.77 Å². The number of nitrogens with zero attached hydrogens (tertiary/aromatic N) is 3. The van der Waals surface area contributed by atoms with Gasteiger partial charge in [-0.1, -0.05) is 41.5 Å². The van der Waals surface area contributed by atoms with Crippen molar-refractivity contribution in [1.82, 2.24) is 4.98 Å². The summed E-state index contributed by atoms with van der Waals surface area (Å²) in [6.45, 7) is 3.75. The summed E-state index contributed by atoms with van der Waals surface area (Å²) in [6.07, 6.45) is 3.35. The summed E-state index contributed by atoms with van der Waals surface area (Å²) in [6, 6.07) is 18.3. The van der Waals surface area contributed by atoms with Gasteiger partial charge in [0.2, 0.25) is 5.03 Å². The average molecular weight is 448 g/mol. The summed E-state index contributed by atoms with van der Waals surface area (Å²) in [4.78, 5) is 4.46. The minimum Gasteiger partial charge on any atom is -0.323 e. The first-order valence-corrected chi connectivity index (χ1v) is 13.2. The van der Waals surface area contributed by atoms with Crippen LogP contribution in [0.25, 0.3) is 4.13 Å². The van der Waals surface area contributed by atoms with Crippen LogP contribution in [0.5, 0.6) is 0 Å². The fourth-order valence-electron chi connectivity index (χ4n) is 2.41. The van der Waals surface area contributed by atoms with Gasteiger partial charge in [-0.15, -0.1) is 3.77 Å². The third-order valence-corrected chi connectivity index (χ3v) is 9.90. The van der Waals surface area contributed by atoms with E-state index < -0.39 is 31.0 Å². The quantitative estimate of drug-likeness (QED) is 0.523. The van der Waals surface area contributed by atoms with Crippen molar-refractivity contribution in [2.75, 3.05) is 6.26 Å². The van der Waals surface area contributed by atoms with Crippen LogP contribution in [0.4, 0.5) is 0 Å². The number of rotatable bonds is 6. The first kappa shape index (κ1) is 21.5. The molecule has 152 valence electrons. The molecule has 1 heterocycles. The predicted octanol–water partition coefficient (Wildman–Crippen LogP) is 4.43. The zero-order valence-corrected chi connectivity index (χ0v) is 18.7. The number of aryl methyl sites for hydroxylation is 2. The van der Waals surface area contributed by atoms with Crippen LogP contribution in [0.2, 0.25) is 0 Å². The molecule has 0 aliphatic rings. The average Bonchev–Trinajstić information content (AvgIpc) is 2.69. The number of aromatic nitrogens is 1. The van der Waals surface area contributed by atoms with Crippen molar-refractivity contribution in [1.29, 1.82) is 0 Å². The van der Waals surface area contributed by atoms with E-state index in [0.29, 0.717) is 5.03 Å². The summed E-state index contributed by atoms with van der Waals surface area (Å²) in [5.41, 5.74) is 1.87. The summed E-state index contributed by atoms with van der Waals surface area (Å²) in [7, 11) is -7.79. The van der Waals surface area contributed by atoms with E-state index in [1.165, 1.54) is 12.1 Å². The topological polar surface area (TPSA) is 90.6 Å². The number of hydrogen-bond donors (Lipinski definition) is 0. The Morgan fingerprint density at radius 3 is 1.90 bits per heavy atom. The minimum absolute atomic E-state index is 0.0213. The predicted molar refractivity (Wildman–Crippen MR) is 118 cm³/mol. The molecule has 2 atom stereocenters. The van der Waals surface area contributed by atoms with Crippen molar-refractivity contribution in [3.05, 3.63) is 88.2 Å². The lowest BCUT2D eigenvalue weighted by atomic mass is 10.2. The molecule has 0 spiro atoms. The van der Waals surface area contributed by atoms with Crippen LogP contribution < -0.4 is 0 Å². The second-order valence-electron chi connectivity index (χ2n) is 6.39. The van der Waals surface area contributed by atoms with Crippen LogP contribution in [0.15, 0.2) is 91.5 Å². The molecule has 0 bridgehead atoms. The van der Waals surface area contributed by atoms with Crippen LogP contribution in [-0.4, -0.2) is 23.9 Å². The van der Waals surface area contributed by atoms with Gasteiger partial charge in [0.05, 0.1) is 11.2 Å². The number of hydrogen-bond acceptors (Lipinski definition) is 4. The second kappa shape index (κ2) is 8.66. The lowest BCUT2D eigenvalue weighted by Crippen LogP contribution is -2.11. The summed E-state index contributed by atoms with van der Waals surface area (Å²) in [5, 5.41) is 0.607. The van der Waals surface area contributed by atoms with Crippen molar-refractivity contribution in [3.63, 3.8) is 0 Å². The Morgan fingerprint density at radius 2 is 1.38 bits per heavy atom. The highest BCUT2D eigenvalue weighted by molar-refractivity contribution is 8.17. The van der Waals surface area contributed by atoms with E-state index in [-0.39, 0.29) is 9.79 Å². The Balaban J connectivity index is 2.12. The molecule has 29 heavy (non-hydrogen) atoms. The maximum atomic E-state index is 13.8. The molecule has 3 aromatic rings. The Bertz CT molecular complexity index is 1200. The SMILES string of the molecule is Cc1ccc(S(=O)(=O)N=S(=O)([N-][S+](C)c2ccccn2)c2ccc(C)cc2)cc1. The van der Waals surface area contributed by atoms with E-state index in [1.54, 1.807) is 67.0 Å². The van der Waals surface area contributed by atoms with E-state index in [4.69, 9.17) is 0 Å². The van der Waals surface area contributed by atoms with Crippen molar-refractivity contribution >= 4 is 31.0 Å². The molecule has 0 N–H and O–H groups in total. The van der Waals surface area contributed by atoms with Crippen LogP contribution >= 0.6 is 0 Å². The molecule has 2 aromatic carbocycles. The van der Waals surface area contributed by atoms with E-state index in [2.05, 4.69) is 12.9 Å². The fraction of sp³-hybridized carbons (Fsp3) is 0.150. The molecule has 0 saturated heterocycles. The van der Waals surface area contributed by atoms with Gasteiger partial charge >= 0.3 is 0 Å². The first-order valence-electron chi connectivity index (χ1n) is 8.66. The molecule has 0 aliphatic heterocycles. The maximum absolute atomic E-state index is 13.8. The van der Waals surface area contributed by atoms with Gasteiger partial charge < -0.3 is 4.13 Å². The Hall–Kier alpha value is -2.20. The molecule has 0 radical (unpaired) electrons. The number of sulfonamides is 1. The molecule has 0 fully saturated rings. The van der Waals surface area contributed by atoms with Crippen molar-refractivity contribution in [3.8, 4) is 0 Å². The molecular weight excluding hydrogens is 426 g/mol. The van der Waals surface area contributed by atoms with Gasteiger partial charge in [0, 0.05) is 27.1 Å². The molecule has 0 saturated carbocycles. The van der Waals surface area contributed by atoms with Crippen molar-refractivity contribution < 1.29 is 12.6 Å². The highest BCUT2D eigenvalue weighted by atomic mass is 32.3. The molecule has 1 aromatic heterocycles. The van der Waals surface area contributed by atoms with E-state index >= 15 is 0 Å². The largest absolute Gasteiger partial charge is 0.323 e. The summed E-state index contributed by atoms with van der Waals surface area (Å²) >= 11 is -0.923. The van der Waals surface area contributed by atoms with Crippen LogP contribution in [0.3, 0.4) is 0 Å². The van der Waals surface area contributed by atoms with Gasteiger partial charge in [0.1, 0.15) is 0 Å². The van der Waals surface area contributed by atoms with Crippen molar-refractivity contribution in [2.45, 2.75) is 28.7 Å². The third-order valence-electron chi connectivity index (χ3n) is 4.00. The highest BCUT2D eigenvalue weighted by Crippen LogP contribution is 2.30. The Labute approximate surface area is 175 Å². The smallest absolute Gasteiger partial charge is 0.289 e. The van der Waals surface area contributed by atoms with Gasteiger partial charge in [-0.3, -0.25) is 4.21 Å². The minimum atomic E-state index is -4.18. The van der Waals surface area contributed by atoms with Crippen LogP contribution in [0.1, 0.15) is 11.1 Å². The maximum Gasteiger partial charge on any atom is 0.289 e. The molecule has 3 rings (SSSR count). The molecule has 0 amide bonds. The molecule has 6 nitrogen and oxygen atoms in total. The molecule has 2 unspecified atom stereocenters. The van der Waals surface area contributed by atoms with Gasteiger partial charge in [0.25, 0.3) is 10.0 Å². The summed E-state index contributed by atoms with van der Waals surface area (Å²) in [5.74, 6) is 0. The van der Waals surface area contributed by atoms with Gasteiger partial charge in [-0.2, -0.15) is 8.42 Å². The molecular formula is C20H21N3O3S3. The van der Waals surface area contributed by atoms with Crippen LogP contribution in [-0.2, 0) is 31.0 Å². The van der Waals surface area contributed by atoms with Gasteiger partial charge in [-0.25, -0.2) is 4.98 Å². The standard InChI is InChI=1S/C20H21N3O3S3/c1-16-7-11-18(12-8-16)28(24,22-27(3)20-6-4-5-15-21-20)23-29(25,26)19-13-9-17(2)10-14-19/h4-15H,1-3H3. The Morgan fingerprint density at radius 1 is 0.828 bits per heavy atom. The van der Waals surface area contributed by atoms with Crippen LogP contribution in [0, 0.1) is 13.8 Å². The molecule has 0 aliphatic carbocycles. The number of pyridine rings is 1. The Kier molecular flexibility index (Phi) is 6.42. The third kappa shape index (κ3) is 5.24. The first-order chi connectivity index (χ1) is 13.7. The monoisotopic (exact) mass is 447 g/mol. The normalized spacial score (nSPS) is 14.7. The van der Waals surface area contributed by atoms with E-state index in [9.17, 15) is 12.6 Å².